The lowest BCUT2D eigenvalue weighted by Gasteiger charge is -2.32. The van der Waals surface area contributed by atoms with Gasteiger partial charge in [0.1, 0.15) is 24.0 Å². The van der Waals surface area contributed by atoms with Crippen molar-refractivity contribution in [2.24, 2.45) is 5.92 Å². The number of rotatable bonds is 6. The van der Waals surface area contributed by atoms with E-state index in [2.05, 4.69) is 62.8 Å². The fourth-order valence-electron chi connectivity index (χ4n) is 4.79. The summed E-state index contributed by atoms with van der Waals surface area (Å²) >= 11 is 1.28. The molecule has 1 N–H and O–H groups in total. The molecule has 2 aromatic heterocycles. The molecule has 1 atom stereocenters. The lowest BCUT2D eigenvalue weighted by atomic mass is 10.0. The van der Waals surface area contributed by atoms with Crippen molar-refractivity contribution in [2.45, 2.75) is 20.0 Å². The molecule has 4 heterocycles. The highest BCUT2D eigenvalue weighted by atomic mass is 32.1. The Bertz CT molecular complexity index is 1480. The zero-order valence-corrected chi connectivity index (χ0v) is 21.3. The summed E-state index contributed by atoms with van der Waals surface area (Å²) < 4.78 is 30.0. The Morgan fingerprint density at radius 3 is 2.86 bits per heavy atom. The minimum Gasteiger partial charge on any atom is -0.489 e. The second-order valence-corrected chi connectivity index (χ2v) is 10.4. The maximum atomic E-state index is 15.2. The smallest absolute Gasteiger partial charge is 0.211 e. The predicted molar refractivity (Wildman–Crippen MR) is 140 cm³/mol. The zero-order chi connectivity index (χ0) is 24.8. The van der Waals surface area contributed by atoms with Crippen LogP contribution in [0.15, 0.2) is 36.1 Å². The van der Waals surface area contributed by atoms with Gasteiger partial charge in [0.15, 0.2) is 18.1 Å². The Kier molecular flexibility index (Phi) is 6.02. The normalized spacial score (nSPS) is 18.0. The molecule has 2 aliphatic rings. The first-order chi connectivity index (χ1) is 17.5. The molecular formula is C26H28FN6O2S+. The fourth-order valence-corrected chi connectivity index (χ4v) is 5.52. The van der Waals surface area contributed by atoms with Gasteiger partial charge in [-0.15, -0.1) is 11.3 Å². The van der Waals surface area contributed by atoms with Gasteiger partial charge in [-0.3, -0.25) is 4.90 Å². The Morgan fingerprint density at radius 1 is 1.22 bits per heavy atom. The van der Waals surface area contributed by atoms with Crippen molar-refractivity contribution in [1.82, 2.24) is 19.9 Å². The van der Waals surface area contributed by atoms with Crippen LogP contribution in [0.5, 0.6) is 5.75 Å². The molecule has 0 spiro atoms. The first-order valence-electron chi connectivity index (χ1n) is 12.1. The summed E-state index contributed by atoms with van der Waals surface area (Å²) in [5.41, 5.74) is 5.66. The van der Waals surface area contributed by atoms with Crippen LogP contribution in [0, 0.1) is 11.7 Å². The van der Waals surface area contributed by atoms with Gasteiger partial charge in [0.25, 0.3) is 0 Å². The third-order valence-corrected chi connectivity index (χ3v) is 7.83. The number of ether oxygens (including phenoxy) is 2. The van der Waals surface area contributed by atoms with E-state index in [0.717, 1.165) is 36.2 Å². The summed E-state index contributed by atoms with van der Waals surface area (Å²) in [7, 11) is 2.13. The second-order valence-electron chi connectivity index (χ2n) is 9.56. The molecule has 186 valence electrons. The molecule has 0 bridgehead atoms. The first-order valence-corrected chi connectivity index (χ1v) is 13.0. The molecule has 0 saturated carbocycles. The van der Waals surface area contributed by atoms with Crippen LogP contribution < -0.4 is 10.1 Å². The third kappa shape index (κ3) is 4.19. The molecule has 0 amide bonds. The van der Waals surface area contributed by atoms with Gasteiger partial charge in [-0.2, -0.15) is 4.58 Å². The number of fused-ring (bicyclic) bond motifs is 2. The first kappa shape index (κ1) is 23.2. The van der Waals surface area contributed by atoms with Crippen LogP contribution in [0.4, 0.5) is 21.6 Å². The number of aromatic nitrogens is 3. The average molecular weight is 508 g/mol. The van der Waals surface area contributed by atoms with Gasteiger partial charge >= 0.3 is 0 Å². The number of nitrogens with one attached hydrogen (secondary N) is 1. The Labute approximate surface area is 212 Å². The highest BCUT2D eigenvalue weighted by Crippen LogP contribution is 2.38. The van der Waals surface area contributed by atoms with Gasteiger partial charge in [0.2, 0.25) is 5.69 Å². The van der Waals surface area contributed by atoms with Crippen LogP contribution in [0.1, 0.15) is 13.8 Å². The predicted octanol–water partition coefficient (Wildman–Crippen LogP) is 4.59. The van der Waals surface area contributed by atoms with Crippen molar-refractivity contribution in [3.63, 3.8) is 0 Å². The topological polar surface area (TPSA) is 75.4 Å². The van der Waals surface area contributed by atoms with E-state index in [1.54, 1.807) is 17.6 Å². The van der Waals surface area contributed by atoms with E-state index < -0.39 is 0 Å². The van der Waals surface area contributed by atoms with Crippen LogP contribution in [0.2, 0.25) is 0 Å². The Balaban J connectivity index is 1.47. The monoisotopic (exact) mass is 507 g/mol. The zero-order valence-electron chi connectivity index (χ0n) is 20.5. The lowest BCUT2D eigenvalue weighted by Crippen LogP contribution is -2.40. The van der Waals surface area contributed by atoms with Crippen molar-refractivity contribution in [3.05, 3.63) is 41.9 Å². The van der Waals surface area contributed by atoms with E-state index in [-0.39, 0.29) is 11.9 Å². The molecule has 2 aromatic carbocycles. The number of thiazole rings is 1. The van der Waals surface area contributed by atoms with E-state index in [4.69, 9.17) is 9.47 Å². The molecule has 1 fully saturated rings. The molecule has 36 heavy (non-hydrogen) atoms. The molecule has 0 unspecified atom stereocenters. The van der Waals surface area contributed by atoms with Crippen molar-refractivity contribution in [1.29, 1.82) is 0 Å². The maximum Gasteiger partial charge on any atom is 0.211 e. The number of anilines is 2. The number of hydrogen-bond donors (Lipinski definition) is 1. The van der Waals surface area contributed by atoms with Crippen LogP contribution in [-0.4, -0.2) is 76.1 Å². The molecule has 2 aliphatic heterocycles. The molecular weight excluding hydrogens is 479 g/mol. The van der Waals surface area contributed by atoms with Crippen molar-refractivity contribution >= 4 is 55.4 Å². The minimum absolute atomic E-state index is 0.0481. The number of nitrogens with zero attached hydrogens (tertiary/aromatic N) is 5. The Hall–Kier alpha value is -3.21. The number of halogens is 1. The molecule has 0 aliphatic carbocycles. The summed E-state index contributed by atoms with van der Waals surface area (Å²) in [5, 5.41) is 3.93. The SMILES string of the molecule is CC1=[N+](c2cc(O[C@@H](C)C3COC3)c3c(Nc4ccc5ncsc5c4F)ncnc3c2)CCN(C)C1. The van der Waals surface area contributed by atoms with Crippen molar-refractivity contribution in [2.75, 3.05) is 45.2 Å². The minimum atomic E-state index is -0.344. The van der Waals surface area contributed by atoms with Gasteiger partial charge in [-0.1, -0.05) is 0 Å². The van der Waals surface area contributed by atoms with Crippen LogP contribution in [0.3, 0.4) is 0 Å². The van der Waals surface area contributed by atoms with E-state index in [1.807, 2.05) is 0 Å². The quantitative estimate of drug-likeness (QED) is 0.383. The van der Waals surface area contributed by atoms with Gasteiger partial charge in [-0.25, -0.2) is 19.3 Å². The average Bonchev–Trinajstić information content (AvgIpc) is 3.29. The molecule has 8 nitrogen and oxygen atoms in total. The van der Waals surface area contributed by atoms with Gasteiger partial charge in [-0.05, 0) is 26.1 Å². The molecule has 1 saturated heterocycles. The second kappa shape index (κ2) is 9.34. The largest absolute Gasteiger partial charge is 0.489 e. The van der Waals surface area contributed by atoms with E-state index in [9.17, 15) is 0 Å². The molecule has 4 aromatic rings. The van der Waals surface area contributed by atoms with Crippen LogP contribution in [0.25, 0.3) is 21.1 Å². The summed E-state index contributed by atoms with van der Waals surface area (Å²) in [5.74, 6) is 1.16. The van der Waals surface area contributed by atoms with E-state index >= 15 is 4.39 Å². The number of hydrogen-bond acceptors (Lipinski definition) is 8. The summed E-state index contributed by atoms with van der Waals surface area (Å²) in [6.07, 6.45) is 1.46. The van der Waals surface area contributed by atoms with Crippen LogP contribution >= 0.6 is 11.3 Å². The Morgan fingerprint density at radius 2 is 2.08 bits per heavy atom. The number of benzene rings is 2. The lowest BCUT2D eigenvalue weighted by molar-refractivity contribution is -0.448. The highest BCUT2D eigenvalue weighted by molar-refractivity contribution is 7.16. The number of likely N-dealkylation sites (N-methyl/N-ethyl adjacent to an activating group) is 1. The summed E-state index contributed by atoms with van der Waals surface area (Å²) in [6.45, 7) is 8.34. The standard InChI is InChI=1S/C26H28FN6O2S/c1-15-10-32(3)6-7-33(15)18-8-21-23(22(9-18)35-16(2)17-11-34-12-17)26(29-13-28-21)31-19-4-5-20-25(24(19)27)36-14-30-20/h4-5,8-9,13-14,16-17H,6-7,10-12H2,1-3H3,(H,28,29,31)/q+1/t16-/m0/s1. The fraction of sp³-hybridized carbons (Fsp3) is 0.385. The summed E-state index contributed by atoms with van der Waals surface area (Å²) in [4.78, 5) is 15.6. The highest BCUT2D eigenvalue weighted by Gasteiger charge is 2.29. The van der Waals surface area contributed by atoms with Crippen molar-refractivity contribution in [3.8, 4) is 5.75 Å². The van der Waals surface area contributed by atoms with Gasteiger partial charge in [0, 0.05) is 18.9 Å². The van der Waals surface area contributed by atoms with E-state index in [1.165, 1.54) is 23.4 Å². The van der Waals surface area contributed by atoms with Crippen LogP contribution in [-0.2, 0) is 4.74 Å². The molecule has 6 rings (SSSR count). The van der Waals surface area contributed by atoms with E-state index in [0.29, 0.717) is 46.6 Å². The van der Waals surface area contributed by atoms with Gasteiger partial charge < -0.3 is 14.8 Å². The van der Waals surface area contributed by atoms with Crippen molar-refractivity contribution < 1.29 is 18.4 Å². The third-order valence-electron chi connectivity index (χ3n) is 7.00. The summed E-state index contributed by atoms with van der Waals surface area (Å²) in [6, 6.07) is 7.62. The van der Waals surface area contributed by atoms with Gasteiger partial charge in [0.05, 0.1) is 64.7 Å². The molecule has 10 heteroatoms. The maximum absolute atomic E-state index is 15.2. The molecule has 0 radical (unpaired) electrons.